The number of benzene rings is 2. The Morgan fingerprint density at radius 2 is 1.89 bits per heavy atom. The number of hydrogen-bond acceptors (Lipinski definition) is 3. The average molecular weight is 396 g/mol. The van der Waals surface area contributed by atoms with E-state index in [1.807, 2.05) is 47.2 Å². The summed E-state index contributed by atoms with van der Waals surface area (Å²) >= 11 is 7.41. The molecule has 6 heteroatoms. The van der Waals surface area contributed by atoms with Crippen molar-refractivity contribution in [2.45, 2.75) is 6.92 Å². The molecule has 2 aromatic heterocycles. The Morgan fingerprint density at radius 1 is 1.07 bits per heavy atom. The van der Waals surface area contributed by atoms with Gasteiger partial charge in [-0.2, -0.15) is 0 Å². The van der Waals surface area contributed by atoms with Crippen LogP contribution in [0.4, 0.5) is 10.1 Å². The zero-order chi connectivity index (χ0) is 18.8. The predicted molar refractivity (Wildman–Crippen MR) is 108 cm³/mol. The van der Waals surface area contributed by atoms with Crippen LogP contribution in [0.25, 0.3) is 17.1 Å². The van der Waals surface area contributed by atoms with Crippen LogP contribution in [0.5, 0.6) is 0 Å². The summed E-state index contributed by atoms with van der Waals surface area (Å²) in [4.78, 5) is 10.00. The smallest absolute Gasteiger partial charge is 0.196 e. The molecule has 0 fully saturated rings. The zero-order valence-electron chi connectivity index (χ0n) is 14.4. The van der Waals surface area contributed by atoms with E-state index < -0.39 is 5.82 Å². The molecule has 0 N–H and O–H groups in total. The van der Waals surface area contributed by atoms with E-state index in [1.54, 1.807) is 12.3 Å². The number of aromatic nitrogens is 2. The summed E-state index contributed by atoms with van der Waals surface area (Å²) in [6, 6.07) is 18.5. The van der Waals surface area contributed by atoms with Crippen LogP contribution in [0.2, 0.25) is 5.02 Å². The van der Waals surface area contributed by atoms with Crippen molar-refractivity contribution >= 4 is 28.6 Å². The van der Waals surface area contributed by atoms with Crippen LogP contribution in [-0.2, 0) is 0 Å². The number of rotatable bonds is 3. The van der Waals surface area contributed by atoms with Gasteiger partial charge in [-0.3, -0.25) is 4.57 Å². The van der Waals surface area contributed by atoms with E-state index in [0.717, 1.165) is 27.4 Å². The van der Waals surface area contributed by atoms with Crippen molar-refractivity contribution < 1.29 is 4.39 Å². The molecule has 0 spiro atoms. The summed E-state index contributed by atoms with van der Waals surface area (Å²) in [5.74, 6) is 0.352. The zero-order valence-corrected chi connectivity index (χ0v) is 16.0. The van der Waals surface area contributed by atoms with E-state index in [-0.39, 0.29) is 5.02 Å². The molecule has 0 aliphatic carbocycles. The highest BCUT2D eigenvalue weighted by Crippen LogP contribution is 2.25. The molecule has 0 aliphatic heterocycles. The van der Waals surface area contributed by atoms with E-state index in [0.29, 0.717) is 5.69 Å². The number of aryl methyl sites for hydroxylation is 1. The van der Waals surface area contributed by atoms with Gasteiger partial charge >= 0.3 is 0 Å². The summed E-state index contributed by atoms with van der Waals surface area (Å²) in [5.41, 5.74) is 3.68. The first-order chi connectivity index (χ1) is 13.1. The fourth-order valence-corrected chi connectivity index (χ4v) is 3.86. The minimum atomic E-state index is -0.458. The number of thiazole rings is 1. The van der Waals surface area contributed by atoms with Crippen LogP contribution in [0.3, 0.4) is 0 Å². The third-order valence-corrected chi connectivity index (χ3v) is 5.21. The SMILES string of the molecule is Cc1cccnc1-n1c(-c2ccccc2)csc1=Nc1ccc(F)c(Cl)c1. The minimum absolute atomic E-state index is 0.0525. The second-order valence-corrected chi connectivity index (χ2v) is 7.20. The molecule has 0 saturated carbocycles. The maximum atomic E-state index is 13.5. The van der Waals surface area contributed by atoms with Gasteiger partial charge in [0, 0.05) is 11.6 Å². The number of halogens is 2. The van der Waals surface area contributed by atoms with Gasteiger partial charge in [-0.25, -0.2) is 14.4 Å². The molecular formula is C21H15ClFN3S. The normalized spacial score (nSPS) is 11.7. The predicted octanol–water partition coefficient (Wildman–Crippen LogP) is 5.93. The summed E-state index contributed by atoms with van der Waals surface area (Å²) in [6.07, 6.45) is 1.76. The van der Waals surface area contributed by atoms with Gasteiger partial charge in [-0.15, -0.1) is 11.3 Å². The second kappa shape index (κ2) is 7.47. The molecule has 2 heterocycles. The Kier molecular flexibility index (Phi) is 4.88. The highest BCUT2D eigenvalue weighted by Gasteiger charge is 2.13. The van der Waals surface area contributed by atoms with Crippen LogP contribution in [0.15, 0.2) is 77.2 Å². The highest BCUT2D eigenvalue weighted by atomic mass is 35.5. The second-order valence-electron chi connectivity index (χ2n) is 5.96. The summed E-state index contributed by atoms with van der Waals surface area (Å²) in [7, 11) is 0. The van der Waals surface area contributed by atoms with Gasteiger partial charge < -0.3 is 0 Å². The third-order valence-electron chi connectivity index (χ3n) is 4.10. The van der Waals surface area contributed by atoms with Gasteiger partial charge in [0.2, 0.25) is 0 Å². The molecule has 27 heavy (non-hydrogen) atoms. The van der Waals surface area contributed by atoms with Crippen LogP contribution in [0.1, 0.15) is 5.56 Å². The fraction of sp³-hybridized carbons (Fsp3) is 0.0476. The van der Waals surface area contributed by atoms with Gasteiger partial charge in [-0.05, 0) is 42.3 Å². The molecule has 0 unspecified atom stereocenters. The van der Waals surface area contributed by atoms with Gasteiger partial charge in [0.25, 0.3) is 0 Å². The molecule has 0 saturated heterocycles. The lowest BCUT2D eigenvalue weighted by molar-refractivity contribution is 0.628. The molecule has 0 amide bonds. The topological polar surface area (TPSA) is 30.2 Å². The molecular weight excluding hydrogens is 381 g/mol. The first kappa shape index (κ1) is 17.6. The van der Waals surface area contributed by atoms with Crippen molar-refractivity contribution in [3.8, 4) is 17.1 Å². The van der Waals surface area contributed by atoms with Crippen LogP contribution in [0, 0.1) is 12.7 Å². The van der Waals surface area contributed by atoms with Crippen molar-refractivity contribution in [2.75, 3.05) is 0 Å². The maximum Gasteiger partial charge on any atom is 0.196 e. The number of hydrogen-bond donors (Lipinski definition) is 0. The first-order valence-electron chi connectivity index (χ1n) is 8.31. The van der Waals surface area contributed by atoms with E-state index >= 15 is 0 Å². The number of pyridine rings is 1. The fourth-order valence-electron chi connectivity index (χ4n) is 2.78. The van der Waals surface area contributed by atoms with Crippen LogP contribution < -0.4 is 4.80 Å². The summed E-state index contributed by atoms with van der Waals surface area (Å²) in [5, 5.41) is 2.10. The van der Waals surface area contributed by atoms with Gasteiger partial charge in [0.15, 0.2) is 4.80 Å². The van der Waals surface area contributed by atoms with Crippen LogP contribution in [-0.4, -0.2) is 9.55 Å². The standard InChI is InChI=1S/C21H15ClFN3S/c1-14-6-5-11-24-20(14)26-19(15-7-3-2-4-8-15)13-27-21(26)25-16-9-10-18(23)17(22)12-16/h2-13H,1H3. The Hall–Kier alpha value is -2.76. The van der Waals surface area contributed by atoms with Crippen LogP contribution >= 0.6 is 22.9 Å². The van der Waals surface area contributed by atoms with Crippen molar-refractivity contribution in [1.82, 2.24) is 9.55 Å². The minimum Gasteiger partial charge on any atom is -0.269 e. The summed E-state index contributed by atoms with van der Waals surface area (Å²) < 4.78 is 15.5. The third kappa shape index (κ3) is 3.56. The molecule has 0 radical (unpaired) electrons. The highest BCUT2D eigenvalue weighted by molar-refractivity contribution is 7.07. The molecule has 3 nitrogen and oxygen atoms in total. The van der Waals surface area contributed by atoms with Crippen molar-refractivity contribution in [3.05, 3.63) is 93.4 Å². The maximum absolute atomic E-state index is 13.5. The van der Waals surface area contributed by atoms with Gasteiger partial charge in [-0.1, -0.05) is 48.0 Å². The van der Waals surface area contributed by atoms with E-state index in [4.69, 9.17) is 16.6 Å². The van der Waals surface area contributed by atoms with E-state index in [2.05, 4.69) is 17.1 Å². The molecule has 0 bridgehead atoms. The average Bonchev–Trinajstić information content (AvgIpc) is 3.09. The van der Waals surface area contributed by atoms with Crippen molar-refractivity contribution in [3.63, 3.8) is 0 Å². The quantitative estimate of drug-likeness (QED) is 0.422. The monoisotopic (exact) mass is 395 g/mol. The molecule has 134 valence electrons. The largest absolute Gasteiger partial charge is 0.269 e. The Balaban J connectivity index is 1.98. The Labute approximate surface area is 165 Å². The lowest BCUT2D eigenvalue weighted by Gasteiger charge is -2.10. The Morgan fingerprint density at radius 3 is 2.63 bits per heavy atom. The van der Waals surface area contributed by atoms with E-state index in [1.165, 1.54) is 23.5 Å². The van der Waals surface area contributed by atoms with Gasteiger partial charge in [0.05, 0.1) is 16.4 Å². The summed E-state index contributed by atoms with van der Waals surface area (Å²) in [6.45, 7) is 2.01. The molecule has 4 aromatic rings. The first-order valence-corrected chi connectivity index (χ1v) is 9.57. The molecule has 4 rings (SSSR count). The van der Waals surface area contributed by atoms with Gasteiger partial charge in [0.1, 0.15) is 11.6 Å². The lowest BCUT2D eigenvalue weighted by Crippen LogP contribution is -2.16. The number of nitrogens with zero attached hydrogens (tertiary/aromatic N) is 3. The molecule has 0 atom stereocenters. The lowest BCUT2D eigenvalue weighted by atomic mass is 10.1. The van der Waals surface area contributed by atoms with Crippen molar-refractivity contribution in [2.24, 2.45) is 4.99 Å². The van der Waals surface area contributed by atoms with E-state index in [9.17, 15) is 4.39 Å². The molecule has 0 aliphatic rings. The van der Waals surface area contributed by atoms with Crippen molar-refractivity contribution in [1.29, 1.82) is 0 Å². The Bertz CT molecular complexity index is 1170. The molecule has 2 aromatic carbocycles.